The van der Waals surface area contributed by atoms with Crippen LogP contribution in [0.4, 0.5) is 5.69 Å². The summed E-state index contributed by atoms with van der Waals surface area (Å²) in [6.07, 6.45) is 1.47. The number of halogens is 1. The van der Waals surface area contributed by atoms with Gasteiger partial charge in [0.1, 0.15) is 27.8 Å². The number of nitro groups is 1. The van der Waals surface area contributed by atoms with E-state index in [2.05, 4.69) is 4.98 Å². The van der Waals surface area contributed by atoms with Gasteiger partial charge in [0, 0.05) is 17.6 Å². The van der Waals surface area contributed by atoms with Crippen molar-refractivity contribution in [3.05, 3.63) is 63.3 Å². The maximum atomic E-state index is 11.4. The zero-order valence-corrected chi connectivity index (χ0v) is 14.1. The molecule has 0 unspecified atom stereocenters. The van der Waals surface area contributed by atoms with Crippen molar-refractivity contribution in [2.24, 2.45) is 0 Å². The van der Waals surface area contributed by atoms with E-state index in [1.54, 1.807) is 0 Å². The van der Waals surface area contributed by atoms with E-state index in [-0.39, 0.29) is 33.5 Å². The van der Waals surface area contributed by atoms with Crippen LogP contribution >= 0.6 is 11.6 Å². The highest BCUT2D eigenvalue weighted by Gasteiger charge is 2.17. The molecule has 0 spiro atoms. The van der Waals surface area contributed by atoms with Gasteiger partial charge in [-0.2, -0.15) is 0 Å². The van der Waals surface area contributed by atoms with Crippen LogP contribution in [0.15, 0.2) is 42.6 Å². The molecule has 0 aliphatic heterocycles. The van der Waals surface area contributed by atoms with E-state index >= 15 is 0 Å². The van der Waals surface area contributed by atoms with E-state index in [0.29, 0.717) is 10.9 Å². The maximum absolute atomic E-state index is 11.4. The van der Waals surface area contributed by atoms with Gasteiger partial charge in [-0.3, -0.25) is 15.1 Å². The van der Waals surface area contributed by atoms with Crippen LogP contribution in [-0.2, 0) is 0 Å². The molecule has 1 aromatic heterocycles. The molecule has 0 saturated carbocycles. The monoisotopic (exact) mass is 374 g/mol. The van der Waals surface area contributed by atoms with Gasteiger partial charge in [-0.05, 0) is 24.3 Å². The number of hydrogen-bond donors (Lipinski definition) is 1. The van der Waals surface area contributed by atoms with Gasteiger partial charge in [0.25, 0.3) is 5.69 Å². The molecule has 0 aliphatic carbocycles. The van der Waals surface area contributed by atoms with Gasteiger partial charge in [0.15, 0.2) is 0 Å². The number of methoxy groups -OCH3 is 1. The van der Waals surface area contributed by atoms with Crippen LogP contribution in [0, 0.1) is 10.1 Å². The summed E-state index contributed by atoms with van der Waals surface area (Å²) in [7, 11) is 1.36. The number of carboxylic acids is 1. The number of aromatic nitrogens is 1. The molecular weight excluding hydrogens is 364 g/mol. The van der Waals surface area contributed by atoms with Gasteiger partial charge >= 0.3 is 5.97 Å². The summed E-state index contributed by atoms with van der Waals surface area (Å²) in [6.45, 7) is 0. The second-order valence-electron chi connectivity index (χ2n) is 5.16. The molecule has 0 aliphatic rings. The van der Waals surface area contributed by atoms with E-state index in [1.165, 1.54) is 49.7 Å². The minimum absolute atomic E-state index is 0.0140. The molecule has 0 fully saturated rings. The number of hydrogen-bond acceptors (Lipinski definition) is 6. The highest BCUT2D eigenvalue weighted by Crippen LogP contribution is 2.35. The van der Waals surface area contributed by atoms with Crippen LogP contribution < -0.4 is 9.47 Å². The van der Waals surface area contributed by atoms with E-state index in [4.69, 9.17) is 21.1 Å². The summed E-state index contributed by atoms with van der Waals surface area (Å²) in [5, 5.41) is 20.7. The fourth-order valence-electron chi connectivity index (χ4n) is 2.40. The molecule has 9 heteroatoms. The third-order valence-electron chi connectivity index (χ3n) is 3.60. The summed E-state index contributed by atoms with van der Waals surface area (Å²) < 4.78 is 10.8. The Kier molecular flexibility index (Phi) is 4.59. The Morgan fingerprint density at radius 1 is 1.23 bits per heavy atom. The van der Waals surface area contributed by atoms with Crippen molar-refractivity contribution in [1.29, 1.82) is 0 Å². The van der Waals surface area contributed by atoms with Crippen molar-refractivity contribution >= 4 is 34.2 Å². The van der Waals surface area contributed by atoms with Crippen LogP contribution in [0.5, 0.6) is 17.2 Å². The third kappa shape index (κ3) is 3.22. The molecule has 0 radical (unpaired) electrons. The lowest BCUT2D eigenvalue weighted by Gasteiger charge is -2.11. The SMILES string of the molecule is COc1cc2nccc(Oc3ccc(Cl)c([N+](=O)[O-])c3)c2cc1C(=O)O. The van der Waals surface area contributed by atoms with E-state index in [0.717, 1.165) is 0 Å². The first kappa shape index (κ1) is 17.4. The number of nitro benzene ring substituents is 1. The Labute approximate surface area is 151 Å². The molecule has 3 aromatic rings. The molecule has 132 valence electrons. The first-order valence-electron chi connectivity index (χ1n) is 7.22. The Hall–Kier alpha value is -3.39. The number of nitrogens with zero attached hydrogens (tertiary/aromatic N) is 2. The molecule has 1 N–H and O–H groups in total. The topological polar surface area (TPSA) is 112 Å². The lowest BCUT2D eigenvalue weighted by Crippen LogP contribution is -2.01. The van der Waals surface area contributed by atoms with Gasteiger partial charge in [0.2, 0.25) is 0 Å². The number of fused-ring (bicyclic) bond motifs is 1. The number of aromatic carboxylic acids is 1. The predicted octanol–water partition coefficient (Wildman–Crippen LogP) is 4.30. The normalized spacial score (nSPS) is 10.5. The summed E-state index contributed by atoms with van der Waals surface area (Å²) >= 11 is 5.79. The van der Waals surface area contributed by atoms with Crippen LogP contribution in [0.3, 0.4) is 0 Å². The standard InChI is InChI=1S/C17H11ClN2O6/c1-25-16-8-13-10(7-11(16)17(21)22)15(4-5-19-13)26-9-2-3-12(18)14(6-9)20(23)24/h2-8H,1H3,(H,21,22). The van der Waals surface area contributed by atoms with Gasteiger partial charge in [-0.1, -0.05) is 11.6 Å². The molecule has 0 saturated heterocycles. The highest BCUT2D eigenvalue weighted by molar-refractivity contribution is 6.32. The van der Waals surface area contributed by atoms with Crippen molar-refractivity contribution in [1.82, 2.24) is 4.98 Å². The molecule has 2 aromatic carbocycles. The number of carboxylic acid groups (broad SMARTS) is 1. The number of carbonyl (C=O) groups is 1. The quantitative estimate of drug-likeness (QED) is 0.523. The summed E-state index contributed by atoms with van der Waals surface area (Å²) in [5.41, 5.74) is 0.100. The molecule has 1 heterocycles. The van der Waals surface area contributed by atoms with Gasteiger partial charge in [0.05, 0.1) is 23.6 Å². The molecule has 0 bridgehead atoms. The highest BCUT2D eigenvalue weighted by atomic mass is 35.5. The Morgan fingerprint density at radius 3 is 2.65 bits per heavy atom. The minimum atomic E-state index is -1.17. The van der Waals surface area contributed by atoms with E-state index in [9.17, 15) is 20.0 Å². The Bertz CT molecular complexity index is 1040. The van der Waals surface area contributed by atoms with Crippen molar-refractivity contribution in [3.8, 4) is 17.2 Å². The van der Waals surface area contributed by atoms with Gasteiger partial charge < -0.3 is 14.6 Å². The van der Waals surface area contributed by atoms with E-state index < -0.39 is 10.9 Å². The van der Waals surface area contributed by atoms with E-state index in [1.807, 2.05) is 0 Å². The lowest BCUT2D eigenvalue weighted by molar-refractivity contribution is -0.384. The largest absolute Gasteiger partial charge is 0.496 e. The van der Waals surface area contributed by atoms with Crippen molar-refractivity contribution in [2.45, 2.75) is 0 Å². The van der Waals surface area contributed by atoms with Crippen molar-refractivity contribution in [2.75, 3.05) is 7.11 Å². The Balaban J connectivity index is 2.11. The molecule has 0 amide bonds. The minimum Gasteiger partial charge on any atom is -0.496 e. The van der Waals surface area contributed by atoms with Crippen molar-refractivity contribution in [3.63, 3.8) is 0 Å². The third-order valence-corrected chi connectivity index (χ3v) is 3.91. The fourth-order valence-corrected chi connectivity index (χ4v) is 2.58. The number of ether oxygens (including phenoxy) is 2. The number of benzene rings is 2. The average Bonchev–Trinajstić information content (AvgIpc) is 2.62. The smallest absolute Gasteiger partial charge is 0.339 e. The first-order valence-corrected chi connectivity index (χ1v) is 7.60. The number of pyridine rings is 1. The zero-order chi connectivity index (χ0) is 18.8. The predicted molar refractivity (Wildman–Crippen MR) is 93.4 cm³/mol. The Morgan fingerprint density at radius 2 is 2.00 bits per heavy atom. The van der Waals surface area contributed by atoms with Gasteiger partial charge in [-0.15, -0.1) is 0 Å². The lowest BCUT2D eigenvalue weighted by atomic mass is 10.1. The molecule has 3 rings (SSSR count). The summed E-state index contributed by atoms with van der Waals surface area (Å²) in [4.78, 5) is 26.0. The molecule has 26 heavy (non-hydrogen) atoms. The van der Waals surface area contributed by atoms with Gasteiger partial charge in [-0.25, -0.2) is 4.79 Å². The summed E-state index contributed by atoms with van der Waals surface area (Å²) in [5.74, 6) is -0.532. The second-order valence-corrected chi connectivity index (χ2v) is 5.56. The number of rotatable bonds is 5. The molecular formula is C17H11ClN2O6. The molecule has 8 nitrogen and oxygen atoms in total. The summed E-state index contributed by atoms with van der Waals surface area (Å²) in [6, 6.07) is 8.41. The van der Waals surface area contributed by atoms with Crippen molar-refractivity contribution < 1.29 is 24.3 Å². The molecule has 0 atom stereocenters. The maximum Gasteiger partial charge on any atom is 0.339 e. The zero-order valence-electron chi connectivity index (χ0n) is 13.3. The van der Waals surface area contributed by atoms with Crippen LogP contribution in [0.25, 0.3) is 10.9 Å². The first-order chi connectivity index (χ1) is 12.4. The fraction of sp³-hybridized carbons (Fsp3) is 0.0588. The van der Waals surface area contributed by atoms with Crippen LogP contribution in [-0.4, -0.2) is 28.1 Å². The van der Waals surface area contributed by atoms with Crippen LogP contribution in [0.1, 0.15) is 10.4 Å². The second kappa shape index (κ2) is 6.85. The average molecular weight is 375 g/mol. The van der Waals surface area contributed by atoms with Crippen LogP contribution in [0.2, 0.25) is 5.02 Å².